The standard InChI is InChI=1S/C18H17N5O/c1-11-20-21-17-9-13-5-8-15(24-2)10-16(13)18(22-23(11)17)12-3-6-14(19)7-4-12/h3-8,10H,9,19H2,1-2H3. The van der Waals surface area contributed by atoms with Gasteiger partial charge in [-0.05, 0) is 36.8 Å². The van der Waals surface area contributed by atoms with Gasteiger partial charge in [-0.15, -0.1) is 10.2 Å². The highest BCUT2D eigenvalue weighted by Gasteiger charge is 2.21. The van der Waals surface area contributed by atoms with Gasteiger partial charge in [0.05, 0.1) is 12.8 Å². The van der Waals surface area contributed by atoms with Crippen molar-refractivity contribution in [2.24, 2.45) is 5.10 Å². The summed E-state index contributed by atoms with van der Waals surface area (Å²) in [5.74, 6) is 2.38. The number of nitrogens with two attached hydrogens (primary N) is 1. The number of nitrogen functional groups attached to an aromatic ring is 1. The van der Waals surface area contributed by atoms with E-state index in [9.17, 15) is 0 Å². The van der Waals surface area contributed by atoms with Gasteiger partial charge in [0.1, 0.15) is 5.75 Å². The molecule has 1 aliphatic rings. The number of rotatable bonds is 2. The maximum Gasteiger partial charge on any atom is 0.159 e. The first kappa shape index (κ1) is 14.4. The summed E-state index contributed by atoms with van der Waals surface area (Å²) in [7, 11) is 1.66. The highest BCUT2D eigenvalue weighted by atomic mass is 16.5. The van der Waals surface area contributed by atoms with Crippen LogP contribution in [0.2, 0.25) is 0 Å². The van der Waals surface area contributed by atoms with Gasteiger partial charge in [-0.25, -0.2) is 4.68 Å². The molecule has 24 heavy (non-hydrogen) atoms. The number of methoxy groups -OCH3 is 1. The van der Waals surface area contributed by atoms with Crippen molar-refractivity contribution in [3.8, 4) is 5.75 Å². The second kappa shape index (κ2) is 5.49. The molecule has 120 valence electrons. The Morgan fingerprint density at radius 2 is 1.88 bits per heavy atom. The van der Waals surface area contributed by atoms with E-state index in [1.165, 1.54) is 0 Å². The zero-order valence-corrected chi connectivity index (χ0v) is 13.5. The van der Waals surface area contributed by atoms with E-state index in [1.54, 1.807) is 11.8 Å². The summed E-state index contributed by atoms with van der Waals surface area (Å²) in [5.41, 5.74) is 10.6. The van der Waals surface area contributed by atoms with Crippen molar-refractivity contribution in [3.63, 3.8) is 0 Å². The summed E-state index contributed by atoms with van der Waals surface area (Å²) in [6, 6.07) is 13.7. The van der Waals surface area contributed by atoms with E-state index in [0.29, 0.717) is 6.42 Å². The number of ether oxygens (including phenoxy) is 1. The minimum atomic E-state index is 0.669. The molecule has 0 spiro atoms. The molecule has 6 heteroatoms. The number of anilines is 1. The smallest absolute Gasteiger partial charge is 0.159 e. The first-order chi connectivity index (χ1) is 11.7. The minimum absolute atomic E-state index is 0.669. The lowest BCUT2D eigenvalue weighted by Gasteiger charge is -2.11. The van der Waals surface area contributed by atoms with Crippen LogP contribution in [-0.2, 0) is 6.42 Å². The van der Waals surface area contributed by atoms with Crippen molar-refractivity contribution in [1.82, 2.24) is 14.9 Å². The second-order valence-corrected chi connectivity index (χ2v) is 5.75. The van der Waals surface area contributed by atoms with Crippen molar-refractivity contribution >= 4 is 11.4 Å². The van der Waals surface area contributed by atoms with E-state index in [-0.39, 0.29) is 0 Å². The number of nitrogens with zero attached hydrogens (tertiary/aromatic N) is 4. The highest BCUT2D eigenvalue weighted by molar-refractivity contribution is 6.14. The molecule has 0 radical (unpaired) electrons. The number of aryl methyl sites for hydroxylation is 1. The number of aromatic nitrogens is 3. The van der Waals surface area contributed by atoms with Crippen LogP contribution in [0.4, 0.5) is 5.69 Å². The molecule has 0 bridgehead atoms. The van der Waals surface area contributed by atoms with Crippen LogP contribution in [0.3, 0.4) is 0 Å². The van der Waals surface area contributed by atoms with E-state index in [2.05, 4.69) is 16.3 Å². The molecule has 0 amide bonds. The zero-order chi connectivity index (χ0) is 16.7. The SMILES string of the molecule is COc1ccc2c(c1)C(c1ccc(N)cc1)=Nn1c(C)nnc1C2. The predicted molar refractivity (Wildman–Crippen MR) is 92.5 cm³/mol. The summed E-state index contributed by atoms with van der Waals surface area (Å²) in [6.07, 6.45) is 0.669. The van der Waals surface area contributed by atoms with Crippen molar-refractivity contribution in [3.05, 3.63) is 70.8 Å². The molecule has 1 aromatic heterocycles. The highest BCUT2D eigenvalue weighted by Crippen LogP contribution is 2.26. The third kappa shape index (κ3) is 2.32. The van der Waals surface area contributed by atoms with E-state index in [1.807, 2.05) is 43.3 Å². The quantitative estimate of drug-likeness (QED) is 0.575. The molecule has 0 saturated carbocycles. The van der Waals surface area contributed by atoms with Crippen LogP contribution in [0.25, 0.3) is 0 Å². The number of benzene rings is 2. The van der Waals surface area contributed by atoms with Gasteiger partial charge in [-0.1, -0.05) is 18.2 Å². The Kier molecular flexibility index (Phi) is 3.30. The third-order valence-electron chi connectivity index (χ3n) is 4.17. The Morgan fingerprint density at radius 3 is 2.62 bits per heavy atom. The lowest BCUT2D eigenvalue weighted by Crippen LogP contribution is -2.08. The number of hydrogen-bond donors (Lipinski definition) is 1. The molecule has 0 atom stereocenters. The molecular formula is C18H17N5O. The van der Waals surface area contributed by atoms with Crippen LogP contribution in [-0.4, -0.2) is 27.7 Å². The largest absolute Gasteiger partial charge is 0.497 e. The minimum Gasteiger partial charge on any atom is -0.497 e. The van der Waals surface area contributed by atoms with Crippen molar-refractivity contribution < 1.29 is 4.74 Å². The molecule has 2 aromatic carbocycles. The maximum absolute atomic E-state index is 5.83. The predicted octanol–water partition coefficient (Wildman–Crippen LogP) is 2.38. The fraction of sp³-hybridized carbons (Fsp3) is 0.167. The van der Waals surface area contributed by atoms with Crippen LogP contribution in [0.1, 0.15) is 28.3 Å². The average Bonchev–Trinajstić information content (AvgIpc) is 2.85. The molecule has 4 rings (SSSR count). The molecule has 3 aromatic rings. The van der Waals surface area contributed by atoms with Gasteiger partial charge in [-0.2, -0.15) is 5.10 Å². The van der Waals surface area contributed by atoms with Gasteiger partial charge >= 0.3 is 0 Å². The Balaban J connectivity index is 1.98. The van der Waals surface area contributed by atoms with E-state index < -0.39 is 0 Å². The third-order valence-corrected chi connectivity index (χ3v) is 4.17. The van der Waals surface area contributed by atoms with Crippen LogP contribution in [0.15, 0.2) is 47.6 Å². The van der Waals surface area contributed by atoms with Gasteiger partial charge in [0.15, 0.2) is 11.6 Å². The topological polar surface area (TPSA) is 78.3 Å². The first-order valence-corrected chi connectivity index (χ1v) is 7.69. The number of fused-ring (bicyclic) bond motifs is 2. The van der Waals surface area contributed by atoms with Crippen LogP contribution in [0, 0.1) is 6.92 Å². The maximum atomic E-state index is 5.83. The lowest BCUT2D eigenvalue weighted by molar-refractivity contribution is 0.414. The summed E-state index contributed by atoms with van der Waals surface area (Å²) < 4.78 is 7.20. The van der Waals surface area contributed by atoms with Crippen molar-refractivity contribution in [2.45, 2.75) is 13.3 Å². The Labute approximate surface area is 139 Å². The second-order valence-electron chi connectivity index (χ2n) is 5.75. The van der Waals surface area contributed by atoms with Gasteiger partial charge in [-0.3, -0.25) is 0 Å². The fourth-order valence-corrected chi connectivity index (χ4v) is 2.88. The molecule has 2 heterocycles. The molecule has 1 aliphatic heterocycles. The molecule has 0 fully saturated rings. The molecule has 0 saturated heterocycles. The van der Waals surface area contributed by atoms with Crippen molar-refractivity contribution in [2.75, 3.05) is 12.8 Å². The molecule has 2 N–H and O–H groups in total. The van der Waals surface area contributed by atoms with Gasteiger partial charge in [0.2, 0.25) is 0 Å². The normalized spacial score (nSPS) is 12.8. The Hall–Kier alpha value is -3.15. The van der Waals surface area contributed by atoms with Gasteiger partial charge < -0.3 is 10.5 Å². The summed E-state index contributed by atoms with van der Waals surface area (Å²) in [5, 5.41) is 13.2. The Bertz CT molecular complexity index is 941. The fourth-order valence-electron chi connectivity index (χ4n) is 2.88. The number of hydrogen-bond acceptors (Lipinski definition) is 5. The zero-order valence-electron chi connectivity index (χ0n) is 13.5. The van der Waals surface area contributed by atoms with Crippen molar-refractivity contribution in [1.29, 1.82) is 0 Å². The summed E-state index contributed by atoms with van der Waals surface area (Å²) >= 11 is 0. The van der Waals surface area contributed by atoms with Gasteiger partial charge in [0.25, 0.3) is 0 Å². The Morgan fingerprint density at radius 1 is 1.08 bits per heavy atom. The molecular weight excluding hydrogens is 302 g/mol. The average molecular weight is 319 g/mol. The van der Waals surface area contributed by atoms with E-state index in [4.69, 9.17) is 15.6 Å². The van der Waals surface area contributed by atoms with E-state index in [0.717, 1.165) is 45.5 Å². The molecule has 6 nitrogen and oxygen atoms in total. The summed E-state index contributed by atoms with van der Waals surface area (Å²) in [4.78, 5) is 0. The van der Waals surface area contributed by atoms with E-state index >= 15 is 0 Å². The molecule has 0 unspecified atom stereocenters. The van der Waals surface area contributed by atoms with Crippen LogP contribution in [0.5, 0.6) is 5.75 Å². The van der Waals surface area contributed by atoms with Crippen LogP contribution < -0.4 is 10.5 Å². The molecule has 0 aliphatic carbocycles. The monoisotopic (exact) mass is 319 g/mol. The summed E-state index contributed by atoms with van der Waals surface area (Å²) in [6.45, 7) is 1.90. The van der Waals surface area contributed by atoms with Crippen LogP contribution >= 0.6 is 0 Å². The first-order valence-electron chi connectivity index (χ1n) is 7.69. The van der Waals surface area contributed by atoms with Gasteiger partial charge in [0, 0.05) is 23.2 Å². The lowest BCUT2D eigenvalue weighted by atomic mass is 9.95.